The van der Waals surface area contributed by atoms with E-state index in [9.17, 15) is 19.2 Å². The summed E-state index contributed by atoms with van der Waals surface area (Å²) >= 11 is 14.9. The average Bonchev–Trinajstić information content (AvgIpc) is 1.65. The molecule has 0 saturated carbocycles. The summed E-state index contributed by atoms with van der Waals surface area (Å²) in [5.41, 5.74) is 3.88. The molecule has 6 aromatic rings. The molecular weight excluding hydrogens is 1360 g/mol. The summed E-state index contributed by atoms with van der Waals surface area (Å²) < 4.78 is 22.9. The van der Waals surface area contributed by atoms with Gasteiger partial charge in [-0.3, -0.25) is 9.59 Å². The van der Waals surface area contributed by atoms with E-state index < -0.39 is 11.2 Å². The Kier molecular flexibility index (Phi) is 43.5. The molecule has 0 bridgehead atoms. The third-order valence-electron chi connectivity index (χ3n) is 13.9. The summed E-state index contributed by atoms with van der Waals surface area (Å²) in [6.45, 7) is 27.1. The van der Waals surface area contributed by atoms with Gasteiger partial charge in [-0.1, -0.05) is 62.5 Å². The van der Waals surface area contributed by atoms with Crippen molar-refractivity contribution in [3.05, 3.63) is 159 Å². The predicted octanol–water partition coefficient (Wildman–Crippen LogP) is 15.8. The van der Waals surface area contributed by atoms with Gasteiger partial charge in [-0.25, -0.2) is 39.5 Å². The molecule has 6 aromatic heterocycles. The van der Waals surface area contributed by atoms with Crippen LogP contribution in [0.2, 0.25) is 0 Å². The van der Waals surface area contributed by atoms with Gasteiger partial charge >= 0.3 is 19.3 Å². The van der Waals surface area contributed by atoms with Gasteiger partial charge in [0.2, 0.25) is 5.91 Å². The van der Waals surface area contributed by atoms with Gasteiger partial charge in [0.1, 0.15) is 21.2 Å². The molecule has 6 N–H and O–H groups in total. The molecule has 0 aromatic carbocycles. The van der Waals surface area contributed by atoms with Crippen LogP contribution in [-0.2, 0) is 55.3 Å². The molecule has 5 aliphatic rings. The zero-order valence-corrected chi connectivity index (χ0v) is 62.5. The zero-order chi connectivity index (χ0) is 65.6. The molecule has 1 atom stereocenters. The van der Waals surface area contributed by atoms with Gasteiger partial charge < -0.3 is 50.2 Å². The number of aliphatic hydroxyl groups excluding tert-OH is 1. The highest BCUT2D eigenvalue weighted by Gasteiger charge is 2.52. The van der Waals surface area contributed by atoms with Gasteiger partial charge in [0.15, 0.2) is 11.3 Å². The van der Waals surface area contributed by atoms with Crippen LogP contribution in [0.1, 0.15) is 164 Å². The molecule has 0 radical (unpaired) electrons. The van der Waals surface area contributed by atoms with Gasteiger partial charge in [0.05, 0.1) is 38.7 Å². The summed E-state index contributed by atoms with van der Waals surface area (Å²) in [5.74, 6) is 0.557. The van der Waals surface area contributed by atoms with Crippen molar-refractivity contribution in [3.63, 3.8) is 0 Å². The fraction of sp³-hybridized carbons (Fsp3) is 0.515. The lowest BCUT2D eigenvalue weighted by Gasteiger charge is -2.32. The Morgan fingerprint density at radius 3 is 1.27 bits per heavy atom. The first-order valence-corrected chi connectivity index (χ1v) is 35.6. The van der Waals surface area contributed by atoms with Crippen LogP contribution in [0.25, 0.3) is 0 Å². The Hall–Kier alpha value is -5.26. The van der Waals surface area contributed by atoms with Crippen LogP contribution < -0.4 is 6.15 Å². The summed E-state index contributed by atoms with van der Waals surface area (Å²) in [6, 6.07) is 0. The van der Waals surface area contributed by atoms with E-state index in [1.165, 1.54) is 70.6 Å². The van der Waals surface area contributed by atoms with Crippen molar-refractivity contribution in [2.45, 2.75) is 183 Å². The number of carbonyl (C=O) groups excluding carboxylic acids is 4. The number of alkyl halides is 1. The third kappa shape index (κ3) is 34.2. The average molecular weight is 1470 g/mol. The quantitative estimate of drug-likeness (QED) is 0.0304. The Balaban J connectivity index is 0.00000112. The Labute approximate surface area is 597 Å². The minimum Gasteiger partial charge on any atom is -0.444 e. The van der Waals surface area contributed by atoms with Crippen LogP contribution in [0.4, 0.5) is 9.59 Å². The van der Waals surface area contributed by atoms with Crippen LogP contribution in [0.3, 0.4) is 0 Å². The van der Waals surface area contributed by atoms with E-state index in [1.807, 2.05) is 115 Å². The molecule has 1 saturated heterocycles. The van der Waals surface area contributed by atoms with E-state index in [1.54, 1.807) is 89.6 Å². The Morgan fingerprint density at radius 1 is 0.600 bits per heavy atom. The molecule has 20 nitrogen and oxygen atoms in total. The summed E-state index contributed by atoms with van der Waals surface area (Å²) in [4.78, 5) is 74.6. The number of thiazole rings is 6. The van der Waals surface area contributed by atoms with Crippen molar-refractivity contribution < 1.29 is 48.5 Å². The first kappa shape index (κ1) is 89.7. The highest BCUT2D eigenvalue weighted by molar-refractivity contribution is 7.11. The number of nitrogens with zero attached hydrogens (tertiary/aromatic N) is 9. The number of aromatic nitrogens is 6. The number of rotatable bonds is 11. The van der Waals surface area contributed by atoms with Gasteiger partial charge in [0, 0.05) is 128 Å². The molecule has 1 unspecified atom stereocenters. The Bertz CT molecular complexity index is 3130. The molecular formula is C66H103BClN10O10PS6. The van der Waals surface area contributed by atoms with Crippen molar-refractivity contribution in [2.75, 3.05) is 39.3 Å². The van der Waals surface area contributed by atoms with Gasteiger partial charge in [-0.2, -0.15) is 9.90 Å². The van der Waals surface area contributed by atoms with E-state index >= 15 is 0 Å². The normalized spacial score (nSPS) is 15.7. The number of halogens is 1. The fourth-order valence-electron chi connectivity index (χ4n) is 8.56. The van der Waals surface area contributed by atoms with Crippen LogP contribution in [-0.4, -0.2) is 148 Å². The molecule has 29 heteroatoms. The molecule has 95 heavy (non-hydrogen) atoms. The number of aliphatic hydroxyl groups is 1. The smallest absolute Gasteiger partial charge is 0.444 e. The van der Waals surface area contributed by atoms with E-state index in [0.717, 1.165) is 83.4 Å². The molecule has 1 aliphatic carbocycles. The van der Waals surface area contributed by atoms with Crippen molar-refractivity contribution in [3.8, 4) is 0 Å². The largest absolute Gasteiger partial charge is 0.490 e. The minimum atomic E-state index is -0.465. The Morgan fingerprint density at radius 2 is 0.989 bits per heavy atom. The number of allylic oxidation sites excluding steroid dienone is 2. The molecule has 0 spiro atoms. The van der Waals surface area contributed by atoms with Crippen LogP contribution in [0.15, 0.2) is 129 Å². The maximum absolute atomic E-state index is 12.1. The highest BCUT2D eigenvalue weighted by Crippen LogP contribution is 2.39. The third-order valence-corrected chi connectivity index (χ3v) is 18.9. The maximum atomic E-state index is 12.1. The predicted molar refractivity (Wildman–Crippen MR) is 401 cm³/mol. The topological polar surface area (TPSA) is 279 Å². The molecule has 3 amide bonds. The number of carbonyl (C=O) groups is 4. The van der Waals surface area contributed by atoms with E-state index in [-0.39, 0.29) is 79.4 Å². The van der Waals surface area contributed by atoms with E-state index in [2.05, 4.69) is 60.1 Å². The number of aldehydes is 1. The van der Waals surface area contributed by atoms with Crippen molar-refractivity contribution in [1.82, 2.24) is 50.8 Å². The van der Waals surface area contributed by atoms with Crippen LogP contribution in [0, 0.1) is 0 Å². The lowest BCUT2D eigenvalue weighted by Crippen LogP contribution is -2.41. The van der Waals surface area contributed by atoms with Crippen molar-refractivity contribution in [2.24, 2.45) is 0 Å². The minimum absolute atomic E-state index is 0. The number of hydrogen-bond donors (Lipinski definition) is 2. The summed E-state index contributed by atoms with van der Waals surface area (Å²) in [5, 5.41) is 25.8. The second kappa shape index (κ2) is 46.1. The molecule has 1 fully saturated rings. The maximum Gasteiger partial charge on any atom is 0.490 e. The van der Waals surface area contributed by atoms with Gasteiger partial charge in [-0.15, -0.1) is 79.6 Å². The first-order valence-electron chi connectivity index (χ1n) is 29.8. The second-order valence-corrected chi connectivity index (χ2v) is 29.8. The monoisotopic (exact) mass is 1460 g/mol. The van der Waals surface area contributed by atoms with Crippen LogP contribution >= 0.6 is 89.5 Å². The zero-order valence-electron chi connectivity index (χ0n) is 55.4. The molecule has 4 aliphatic heterocycles. The standard InChI is InChI=1S/C16H28BNO4.C14H20N2O2S.C12H14N2OS.C10H13NS.C4H4ClNS.C4H5NOS.C4H3NOS.2CH4.H3N.H2O.H3P/c1-14(2,3)20-13(19)18-10-8-12(9-11-18)17-21-15(4,5)16(6,7)22-17;1-14(2,3)18-13(17)16-7-4-11(5-8-16)10-12-15-6-9-19-12;1-2-12(15)14-6-3-10(4-7-14)9-11-13-5-8-16-11;1-2-4-9(5-3-1)8-10-11-6-7-12-10;5-3-4-6-1-2-7-4;2*6-3-4-5-1-2-7-4;;;;;/h8H,9-11H2,1-7H3;4,6,9H,5,7-8,10H2,1-3H3;2-3,5,8H,1,4,6-7,9H2;4,6-7H,1-3,5,8H2;1-2H,3H2;1-2,6H,3H2;1-3H;2*1H4;1H3;1H2;1H3. The number of amides is 3. The van der Waals surface area contributed by atoms with Crippen molar-refractivity contribution >= 4 is 121 Å². The molecule has 11 rings (SSSR count). The fourth-order valence-corrected chi connectivity index (χ4v) is 12.2. The van der Waals surface area contributed by atoms with E-state index in [0.29, 0.717) is 37.1 Å². The summed E-state index contributed by atoms with van der Waals surface area (Å²) in [6.07, 6.45) is 31.7. The SMILES string of the molecule is C.C.C1=C(Cc2nccs2)CCCC1.C=CC(=O)N1CC=C(Cc2nccs2)CC1.CC(C)(C)OC(=O)N1CC=C(B2OC(C)(C)C(C)(C)O2)CC1.CC(C)(C)OC(=O)N1CC=C(Cc2nccs2)CC1.ClCc1nccs1.N.O.O=Cc1nccs1.OCc1nccs1.P. The first-order chi connectivity index (χ1) is 42.9. The van der Waals surface area contributed by atoms with Gasteiger partial charge in [0.25, 0.3) is 0 Å². The lowest BCUT2D eigenvalue weighted by atomic mass is 9.75. The molecule has 528 valence electrons. The number of ether oxygens (including phenoxy) is 2. The van der Waals surface area contributed by atoms with Gasteiger partial charge in [-0.05, 0) is 126 Å². The molecule has 10 heterocycles. The second-order valence-electron chi connectivity index (χ2n) is 23.7. The summed E-state index contributed by atoms with van der Waals surface area (Å²) in [7, 11) is -0.314. The lowest BCUT2D eigenvalue weighted by molar-refractivity contribution is -0.125. The van der Waals surface area contributed by atoms with E-state index in [4.69, 9.17) is 35.5 Å². The van der Waals surface area contributed by atoms with Crippen molar-refractivity contribution in [1.29, 1.82) is 0 Å². The highest BCUT2D eigenvalue weighted by atomic mass is 35.5. The van der Waals surface area contributed by atoms with Crippen LogP contribution in [0.5, 0.6) is 0 Å². The number of hydrogen-bond acceptors (Lipinski definition) is 22.